The molecule has 7 nitrogen and oxygen atoms in total. The number of likely N-dealkylation sites (tertiary alicyclic amines) is 1. The summed E-state index contributed by atoms with van der Waals surface area (Å²) in [4.78, 5) is 30.5. The summed E-state index contributed by atoms with van der Waals surface area (Å²) in [5.41, 5.74) is 9.17. The zero-order valence-electron chi connectivity index (χ0n) is 19.8. The van der Waals surface area contributed by atoms with Gasteiger partial charge < -0.3 is 15.8 Å². The van der Waals surface area contributed by atoms with Gasteiger partial charge in [0.2, 0.25) is 11.8 Å². The van der Waals surface area contributed by atoms with Crippen molar-refractivity contribution in [2.24, 2.45) is 11.7 Å². The third-order valence-electron chi connectivity index (χ3n) is 5.90. The third kappa shape index (κ3) is 7.50. The van der Waals surface area contributed by atoms with Gasteiger partial charge in [0, 0.05) is 30.2 Å². The lowest BCUT2D eigenvalue weighted by atomic mass is 9.97. The Morgan fingerprint density at radius 2 is 1.97 bits per heavy atom. The molecule has 1 aliphatic rings. The van der Waals surface area contributed by atoms with Gasteiger partial charge in [0.05, 0.1) is 16.6 Å². The van der Waals surface area contributed by atoms with E-state index in [-0.39, 0.29) is 17.7 Å². The first-order chi connectivity index (χ1) is 16.9. The van der Waals surface area contributed by atoms with Crippen LogP contribution in [0.5, 0.6) is 5.75 Å². The summed E-state index contributed by atoms with van der Waals surface area (Å²) in [6.07, 6.45) is 5.13. The third-order valence-corrected chi connectivity index (χ3v) is 6.72. The Kier molecular flexibility index (Phi) is 8.28. The maximum absolute atomic E-state index is 12.3. The number of benzene rings is 2. The number of aromatic nitrogens is 1. The van der Waals surface area contributed by atoms with Crippen LogP contribution >= 0.6 is 11.3 Å². The molecule has 0 bridgehead atoms. The Hall–Kier alpha value is -3.49. The van der Waals surface area contributed by atoms with Crippen molar-refractivity contribution < 1.29 is 14.3 Å². The van der Waals surface area contributed by atoms with E-state index in [1.165, 1.54) is 6.08 Å². The van der Waals surface area contributed by atoms with E-state index in [2.05, 4.69) is 15.2 Å². The number of rotatable bonds is 9. The molecule has 1 unspecified atom stereocenters. The molecule has 0 saturated carbocycles. The van der Waals surface area contributed by atoms with Crippen LogP contribution in [0.4, 0.5) is 5.69 Å². The minimum absolute atomic E-state index is 0.0642. The number of amides is 2. The van der Waals surface area contributed by atoms with Crippen molar-refractivity contribution in [2.45, 2.75) is 32.9 Å². The summed E-state index contributed by atoms with van der Waals surface area (Å²) in [5.74, 6) is 0.279. The molecular formula is C27H30N4O3S. The Morgan fingerprint density at radius 3 is 2.66 bits per heavy atom. The number of carbonyl (C=O) groups excluding carboxylic acids is 2. The smallest absolute Gasteiger partial charge is 0.248 e. The van der Waals surface area contributed by atoms with E-state index in [9.17, 15) is 9.59 Å². The summed E-state index contributed by atoms with van der Waals surface area (Å²) >= 11 is 1.61. The summed E-state index contributed by atoms with van der Waals surface area (Å²) < 4.78 is 5.76. The monoisotopic (exact) mass is 490 g/mol. The maximum atomic E-state index is 12.3. The number of carbonyl (C=O) groups is 2. The number of nitrogens with two attached hydrogens (primary N) is 1. The van der Waals surface area contributed by atoms with Crippen LogP contribution in [-0.2, 0) is 22.7 Å². The molecule has 1 atom stereocenters. The molecule has 8 heteroatoms. The fraction of sp³-hybridized carbons (Fsp3) is 0.296. The summed E-state index contributed by atoms with van der Waals surface area (Å²) in [6, 6.07) is 15.4. The molecule has 2 amide bonds. The lowest BCUT2D eigenvalue weighted by Crippen LogP contribution is -2.40. The molecule has 0 spiro atoms. The van der Waals surface area contributed by atoms with Crippen LogP contribution in [0.15, 0.2) is 60.0 Å². The fourth-order valence-electron chi connectivity index (χ4n) is 4.05. The van der Waals surface area contributed by atoms with Gasteiger partial charge in [-0.05, 0) is 67.8 Å². The second-order valence-electron chi connectivity index (χ2n) is 8.71. The predicted octanol–water partition coefficient (Wildman–Crippen LogP) is 4.38. The number of aryl methyl sites for hydroxylation is 1. The molecule has 1 saturated heterocycles. The average Bonchev–Trinajstić information content (AvgIpc) is 3.28. The van der Waals surface area contributed by atoms with E-state index in [1.54, 1.807) is 17.4 Å². The Bertz CT molecular complexity index is 1170. The summed E-state index contributed by atoms with van der Waals surface area (Å²) in [7, 11) is 0. The van der Waals surface area contributed by atoms with Gasteiger partial charge in [0.15, 0.2) is 0 Å². The zero-order chi connectivity index (χ0) is 24.6. The molecule has 1 aliphatic heterocycles. The normalized spacial score (nSPS) is 16.3. The maximum Gasteiger partial charge on any atom is 0.248 e. The van der Waals surface area contributed by atoms with Crippen molar-refractivity contribution in [3.05, 3.63) is 81.8 Å². The van der Waals surface area contributed by atoms with E-state index in [0.717, 1.165) is 59.2 Å². The van der Waals surface area contributed by atoms with Gasteiger partial charge in [0.25, 0.3) is 0 Å². The standard InChI is InChI=1S/C27H30N4O3S/c1-19-29-24(18-35-19)17-34-25-11-6-20(7-12-25)8-13-26(32)30-23-9-4-21(5-10-23)15-31-14-2-3-22(16-31)27(28)33/h4-13,18,22H,2-3,14-17H2,1H3,(H2,28,33)(H,30,32)/b13-8+. The van der Waals surface area contributed by atoms with E-state index < -0.39 is 0 Å². The van der Waals surface area contributed by atoms with E-state index in [0.29, 0.717) is 13.2 Å². The van der Waals surface area contributed by atoms with Gasteiger partial charge in [-0.3, -0.25) is 14.5 Å². The molecule has 35 heavy (non-hydrogen) atoms. The van der Waals surface area contributed by atoms with Crippen LogP contribution in [0, 0.1) is 12.8 Å². The molecule has 4 rings (SSSR count). The first-order valence-electron chi connectivity index (χ1n) is 11.7. The second kappa shape index (κ2) is 11.8. The zero-order valence-corrected chi connectivity index (χ0v) is 20.6. The van der Waals surface area contributed by atoms with Crippen molar-refractivity contribution in [2.75, 3.05) is 18.4 Å². The molecule has 3 aromatic rings. The van der Waals surface area contributed by atoms with Crippen molar-refractivity contribution in [1.29, 1.82) is 0 Å². The highest BCUT2D eigenvalue weighted by Crippen LogP contribution is 2.20. The quantitative estimate of drug-likeness (QED) is 0.434. The lowest BCUT2D eigenvalue weighted by Gasteiger charge is -2.31. The van der Waals surface area contributed by atoms with E-state index in [4.69, 9.17) is 10.5 Å². The van der Waals surface area contributed by atoms with Gasteiger partial charge in [-0.2, -0.15) is 0 Å². The van der Waals surface area contributed by atoms with Gasteiger partial charge >= 0.3 is 0 Å². The highest BCUT2D eigenvalue weighted by Gasteiger charge is 2.23. The number of hydrogen-bond donors (Lipinski definition) is 2. The number of primary amides is 1. The highest BCUT2D eigenvalue weighted by atomic mass is 32.1. The molecule has 0 aliphatic carbocycles. The van der Waals surface area contributed by atoms with Crippen LogP contribution in [0.2, 0.25) is 0 Å². The van der Waals surface area contributed by atoms with Gasteiger partial charge in [-0.1, -0.05) is 24.3 Å². The Labute approximate surface area is 209 Å². The SMILES string of the molecule is Cc1nc(COc2ccc(/C=C/C(=O)Nc3ccc(CN4CCCC(C(N)=O)C4)cc3)cc2)cs1. The fourth-order valence-corrected chi connectivity index (χ4v) is 4.64. The topological polar surface area (TPSA) is 97.6 Å². The number of anilines is 1. The van der Waals surface area contributed by atoms with Crippen LogP contribution in [0.25, 0.3) is 6.08 Å². The first kappa shape index (κ1) is 24.6. The second-order valence-corrected chi connectivity index (χ2v) is 9.77. The number of nitrogens with zero attached hydrogens (tertiary/aromatic N) is 2. The first-order valence-corrected chi connectivity index (χ1v) is 12.6. The molecule has 182 valence electrons. The number of thiazole rings is 1. The van der Waals surface area contributed by atoms with Crippen LogP contribution in [0.1, 0.15) is 34.7 Å². The van der Waals surface area contributed by atoms with Crippen molar-refractivity contribution in [3.63, 3.8) is 0 Å². The van der Waals surface area contributed by atoms with E-state index >= 15 is 0 Å². The molecule has 3 N–H and O–H groups in total. The summed E-state index contributed by atoms with van der Waals surface area (Å²) in [6.45, 7) is 4.84. The van der Waals surface area contributed by atoms with Crippen LogP contribution in [-0.4, -0.2) is 34.8 Å². The number of hydrogen-bond acceptors (Lipinski definition) is 6. The number of ether oxygens (including phenoxy) is 1. The summed E-state index contributed by atoms with van der Waals surface area (Å²) in [5, 5.41) is 5.90. The van der Waals surface area contributed by atoms with Gasteiger partial charge in [0.1, 0.15) is 12.4 Å². The van der Waals surface area contributed by atoms with Gasteiger partial charge in [-0.25, -0.2) is 4.98 Å². The average molecular weight is 491 g/mol. The minimum atomic E-state index is -0.216. The van der Waals surface area contributed by atoms with Crippen molar-refractivity contribution in [3.8, 4) is 5.75 Å². The number of piperidine rings is 1. The molecule has 2 aromatic carbocycles. The lowest BCUT2D eigenvalue weighted by molar-refractivity contribution is -0.123. The van der Waals surface area contributed by atoms with Crippen LogP contribution in [0.3, 0.4) is 0 Å². The molecule has 2 heterocycles. The largest absolute Gasteiger partial charge is 0.487 e. The predicted molar refractivity (Wildman–Crippen MR) is 139 cm³/mol. The molecular weight excluding hydrogens is 460 g/mol. The highest BCUT2D eigenvalue weighted by molar-refractivity contribution is 7.09. The van der Waals surface area contributed by atoms with Crippen LogP contribution < -0.4 is 15.8 Å². The molecule has 1 aromatic heterocycles. The minimum Gasteiger partial charge on any atom is -0.487 e. The molecule has 1 fully saturated rings. The molecule has 0 radical (unpaired) electrons. The van der Waals surface area contributed by atoms with E-state index in [1.807, 2.05) is 60.8 Å². The van der Waals surface area contributed by atoms with Gasteiger partial charge in [-0.15, -0.1) is 11.3 Å². The Balaban J connectivity index is 1.23. The van der Waals surface area contributed by atoms with Crippen molar-refractivity contribution >= 4 is 34.9 Å². The Morgan fingerprint density at radius 1 is 1.20 bits per heavy atom. The van der Waals surface area contributed by atoms with Crippen molar-refractivity contribution in [1.82, 2.24) is 9.88 Å². The number of nitrogens with one attached hydrogen (secondary N) is 1.